The molecule has 0 heterocycles. The second-order valence-electron chi connectivity index (χ2n) is 7.18. The van der Waals surface area contributed by atoms with Gasteiger partial charge < -0.3 is 15.2 Å². The van der Waals surface area contributed by atoms with Crippen LogP contribution in [-0.2, 0) is 16.0 Å². The number of aliphatic hydroxyl groups excluding tert-OH is 1. The lowest BCUT2D eigenvalue weighted by atomic mass is 10.1. The van der Waals surface area contributed by atoms with Crippen LogP contribution in [0, 0.1) is 0 Å². The number of aliphatic hydroxyl groups is 1. The summed E-state index contributed by atoms with van der Waals surface area (Å²) in [6.07, 6.45) is -1.07. The molecule has 1 unspecified atom stereocenters. The molecule has 0 aliphatic heterocycles. The lowest BCUT2D eigenvalue weighted by Crippen LogP contribution is -2.30. The lowest BCUT2D eigenvalue weighted by molar-refractivity contribution is -0.129. The van der Waals surface area contributed by atoms with Crippen molar-refractivity contribution in [3.8, 4) is 0 Å². The van der Waals surface area contributed by atoms with Crippen LogP contribution in [0.4, 0.5) is 10.5 Å². The molecule has 0 saturated carbocycles. The Morgan fingerprint density at radius 2 is 1.67 bits per heavy atom. The number of anilines is 1. The smallest absolute Gasteiger partial charge is 0.412 e. The Kier molecular flexibility index (Phi) is 6.96. The summed E-state index contributed by atoms with van der Waals surface area (Å²) in [4.78, 5) is 23.7. The van der Waals surface area contributed by atoms with Crippen LogP contribution in [0.5, 0.6) is 0 Å². The Hall–Kier alpha value is -2.86. The van der Waals surface area contributed by atoms with Gasteiger partial charge in [0.25, 0.3) is 5.91 Å². The van der Waals surface area contributed by atoms with E-state index in [4.69, 9.17) is 4.74 Å². The molecule has 3 N–H and O–H groups in total. The Labute approximate surface area is 159 Å². The van der Waals surface area contributed by atoms with Gasteiger partial charge in [0, 0.05) is 12.2 Å². The van der Waals surface area contributed by atoms with Crippen molar-refractivity contribution < 1.29 is 19.4 Å². The molecule has 2 aromatic rings. The standard InChI is InChI=1S/C21H26N2O4/c1-21(2,3)27-20(26)23-17-11-9-15(10-12-17)13-14-22-19(25)18(24)16-7-5-4-6-8-16/h4-12,18,24H,13-14H2,1-3H3,(H,22,25)(H,23,26). The van der Waals surface area contributed by atoms with Gasteiger partial charge in [-0.25, -0.2) is 4.79 Å². The normalized spacial score (nSPS) is 12.1. The quantitative estimate of drug-likeness (QED) is 0.727. The van der Waals surface area contributed by atoms with Gasteiger partial charge in [0.2, 0.25) is 0 Å². The van der Waals surface area contributed by atoms with Gasteiger partial charge >= 0.3 is 6.09 Å². The van der Waals surface area contributed by atoms with Gasteiger partial charge in [0.1, 0.15) is 5.60 Å². The number of nitrogens with one attached hydrogen (secondary N) is 2. The fourth-order valence-corrected chi connectivity index (χ4v) is 2.39. The number of benzene rings is 2. The molecule has 0 aliphatic rings. The highest BCUT2D eigenvalue weighted by Gasteiger charge is 2.17. The van der Waals surface area contributed by atoms with E-state index in [2.05, 4.69) is 10.6 Å². The molecule has 6 nitrogen and oxygen atoms in total. The van der Waals surface area contributed by atoms with Crippen molar-refractivity contribution in [2.45, 2.75) is 38.9 Å². The maximum absolute atomic E-state index is 12.0. The summed E-state index contributed by atoms with van der Waals surface area (Å²) in [7, 11) is 0. The average Bonchev–Trinajstić information content (AvgIpc) is 2.61. The first kappa shape index (κ1) is 20.5. The predicted molar refractivity (Wildman–Crippen MR) is 104 cm³/mol. The number of carbonyl (C=O) groups excluding carboxylic acids is 2. The van der Waals surface area contributed by atoms with E-state index in [-0.39, 0.29) is 0 Å². The Morgan fingerprint density at radius 3 is 2.26 bits per heavy atom. The number of rotatable bonds is 6. The molecule has 0 radical (unpaired) electrons. The first-order valence-electron chi connectivity index (χ1n) is 8.84. The zero-order valence-electron chi connectivity index (χ0n) is 15.9. The molecule has 2 aromatic carbocycles. The molecule has 0 aromatic heterocycles. The third kappa shape index (κ3) is 7.11. The first-order valence-corrected chi connectivity index (χ1v) is 8.84. The van der Waals surface area contributed by atoms with Crippen molar-refractivity contribution in [2.75, 3.05) is 11.9 Å². The van der Waals surface area contributed by atoms with E-state index >= 15 is 0 Å². The Morgan fingerprint density at radius 1 is 1.04 bits per heavy atom. The molecule has 1 atom stereocenters. The summed E-state index contributed by atoms with van der Waals surface area (Å²) in [6, 6.07) is 16.1. The SMILES string of the molecule is CC(C)(C)OC(=O)Nc1ccc(CCNC(=O)C(O)c2ccccc2)cc1. The third-order valence-corrected chi connectivity index (χ3v) is 3.68. The van der Waals surface area contributed by atoms with Crippen LogP contribution in [0.3, 0.4) is 0 Å². The maximum Gasteiger partial charge on any atom is 0.412 e. The second-order valence-corrected chi connectivity index (χ2v) is 7.18. The molecule has 0 spiro atoms. The number of hydrogen-bond acceptors (Lipinski definition) is 4. The number of amides is 2. The summed E-state index contributed by atoms with van der Waals surface area (Å²) in [5.74, 6) is -0.426. The molecule has 27 heavy (non-hydrogen) atoms. The summed E-state index contributed by atoms with van der Waals surface area (Å²) < 4.78 is 5.20. The van der Waals surface area contributed by atoms with Crippen molar-refractivity contribution in [3.63, 3.8) is 0 Å². The predicted octanol–water partition coefficient (Wildman–Crippen LogP) is 3.43. The average molecular weight is 370 g/mol. The van der Waals surface area contributed by atoms with E-state index in [0.717, 1.165) is 5.56 Å². The highest BCUT2D eigenvalue weighted by atomic mass is 16.6. The van der Waals surface area contributed by atoms with E-state index in [1.54, 1.807) is 57.2 Å². The summed E-state index contributed by atoms with van der Waals surface area (Å²) >= 11 is 0. The Bertz CT molecular complexity index is 752. The van der Waals surface area contributed by atoms with Crippen LogP contribution in [0.25, 0.3) is 0 Å². The topological polar surface area (TPSA) is 87.7 Å². The molecule has 0 aliphatic carbocycles. The van der Waals surface area contributed by atoms with Gasteiger partial charge in [-0.1, -0.05) is 42.5 Å². The van der Waals surface area contributed by atoms with Crippen molar-refractivity contribution in [3.05, 3.63) is 65.7 Å². The molecule has 144 valence electrons. The van der Waals surface area contributed by atoms with E-state index in [1.807, 2.05) is 18.2 Å². The molecule has 0 saturated heterocycles. The fraction of sp³-hybridized carbons (Fsp3) is 0.333. The van der Waals surface area contributed by atoms with Gasteiger partial charge in [-0.2, -0.15) is 0 Å². The van der Waals surface area contributed by atoms with Crippen molar-refractivity contribution >= 4 is 17.7 Å². The molecule has 2 amide bonds. The van der Waals surface area contributed by atoms with Crippen LogP contribution >= 0.6 is 0 Å². The van der Waals surface area contributed by atoms with Crippen LogP contribution in [0.2, 0.25) is 0 Å². The minimum absolute atomic E-state index is 0.404. The maximum atomic E-state index is 12.0. The third-order valence-electron chi connectivity index (χ3n) is 3.68. The minimum atomic E-state index is -1.17. The highest BCUT2D eigenvalue weighted by molar-refractivity contribution is 5.84. The number of ether oxygens (including phenoxy) is 1. The summed E-state index contributed by atoms with van der Waals surface area (Å²) in [5, 5.41) is 15.4. The van der Waals surface area contributed by atoms with E-state index in [0.29, 0.717) is 24.2 Å². The number of carbonyl (C=O) groups is 2. The van der Waals surface area contributed by atoms with Gasteiger partial charge in [0.05, 0.1) is 0 Å². The molecule has 6 heteroatoms. The van der Waals surface area contributed by atoms with Gasteiger partial charge in [0.15, 0.2) is 6.10 Å². The summed E-state index contributed by atoms with van der Waals surface area (Å²) in [6.45, 7) is 5.82. The zero-order chi connectivity index (χ0) is 19.9. The van der Waals surface area contributed by atoms with E-state index in [1.165, 1.54) is 0 Å². The largest absolute Gasteiger partial charge is 0.444 e. The lowest BCUT2D eigenvalue weighted by Gasteiger charge is -2.19. The minimum Gasteiger partial charge on any atom is -0.444 e. The first-order chi connectivity index (χ1) is 12.7. The fourth-order valence-electron chi connectivity index (χ4n) is 2.39. The molecule has 0 bridgehead atoms. The van der Waals surface area contributed by atoms with Gasteiger partial charge in [-0.3, -0.25) is 10.1 Å². The van der Waals surface area contributed by atoms with Crippen LogP contribution in [0.1, 0.15) is 38.0 Å². The summed E-state index contributed by atoms with van der Waals surface area (Å²) in [5.41, 5.74) is 1.65. The van der Waals surface area contributed by atoms with Crippen molar-refractivity contribution in [1.29, 1.82) is 0 Å². The Balaban J connectivity index is 1.78. The van der Waals surface area contributed by atoms with Crippen molar-refractivity contribution in [2.24, 2.45) is 0 Å². The number of hydrogen-bond donors (Lipinski definition) is 3. The van der Waals surface area contributed by atoms with Gasteiger partial charge in [-0.15, -0.1) is 0 Å². The molecular weight excluding hydrogens is 344 g/mol. The molecule has 2 rings (SSSR count). The second kappa shape index (κ2) is 9.19. The van der Waals surface area contributed by atoms with Crippen LogP contribution in [0.15, 0.2) is 54.6 Å². The van der Waals surface area contributed by atoms with E-state index < -0.39 is 23.7 Å². The zero-order valence-corrected chi connectivity index (χ0v) is 15.9. The van der Waals surface area contributed by atoms with E-state index in [9.17, 15) is 14.7 Å². The molecular formula is C21H26N2O4. The monoisotopic (exact) mass is 370 g/mol. The van der Waals surface area contributed by atoms with Gasteiger partial charge in [-0.05, 0) is 50.5 Å². The molecule has 0 fully saturated rings. The van der Waals surface area contributed by atoms with Crippen molar-refractivity contribution in [1.82, 2.24) is 5.32 Å². The van der Waals surface area contributed by atoms with Crippen LogP contribution in [-0.4, -0.2) is 29.3 Å². The highest BCUT2D eigenvalue weighted by Crippen LogP contribution is 2.14. The van der Waals surface area contributed by atoms with Crippen LogP contribution < -0.4 is 10.6 Å².